The standard InChI is InChI=1S/C7H12N4/c1-2-9-10-7(1)11-5-3-8-4-6-11/h1-2,8H,3-6H2,(H,9,10). The van der Waals surface area contributed by atoms with Crippen molar-refractivity contribution in [1.82, 2.24) is 15.5 Å². The van der Waals surface area contributed by atoms with Gasteiger partial charge in [-0.05, 0) is 0 Å². The Morgan fingerprint density at radius 2 is 2.18 bits per heavy atom. The molecule has 0 atom stereocenters. The molecule has 4 nitrogen and oxygen atoms in total. The number of piperazine rings is 1. The first-order valence-corrected chi connectivity index (χ1v) is 3.92. The molecular formula is C7H12N4. The van der Waals surface area contributed by atoms with Crippen molar-refractivity contribution in [3.8, 4) is 0 Å². The summed E-state index contributed by atoms with van der Waals surface area (Å²) in [5.41, 5.74) is 0. The molecule has 4 heteroatoms. The second kappa shape index (κ2) is 2.92. The predicted octanol–water partition coefficient (Wildman–Crippen LogP) is -0.181. The normalized spacial score (nSPS) is 18.7. The van der Waals surface area contributed by atoms with E-state index >= 15 is 0 Å². The second-order valence-corrected chi connectivity index (χ2v) is 2.68. The van der Waals surface area contributed by atoms with Crippen LogP contribution in [0.1, 0.15) is 0 Å². The number of nitrogens with one attached hydrogen (secondary N) is 2. The highest BCUT2D eigenvalue weighted by Crippen LogP contribution is 2.08. The lowest BCUT2D eigenvalue weighted by Crippen LogP contribution is -2.43. The van der Waals surface area contributed by atoms with Gasteiger partial charge in [-0.3, -0.25) is 5.10 Å². The Bertz CT molecular complexity index is 200. The Morgan fingerprint density at radius 1 is 1.36 bits per heavy atom. The molecule has 11 heavy (non-hydrogen) atoms. The monoisotopic (exact) mass is 152 g/mol. The van der Waals surface area contributed by atoms with E-state index in [1.807, 2.05) is 6.07 Å². The molecule has 60 valence electrons. The molecule has 0 bridgehead atoms. The average molecular weight is 152 g/mol. The van der Waals surface area contributed by atoms with Crippen molar-refractivity contribution < 1.29 is 0 Å². The molecule has 1 saturated heterocycles. The molecule has 0 saturated carbocycles. The summed E-state index contributed by atoms with van der Waals surface area (Å²) in [7, 11) is 0. The molecular weight excluding hydrogens is 140 g/mol. The van der Waals surface area contributed by atoms with E-state index in [9.17, 15) is 0 Å². The zero-order valence-corrected chi connectivity index (χ0v) is 6.38. The van der Waals surface area contributed by atoms with E-state index < -0.39 is 0 Å². The predicted molar refractivity (Wildman–Crippen MR) is 43.7 cm³/mol. The molecule has 0 radical (unpaired) electrons. The third kappa shape index (κ3) is 1.35. The van der Waals surface area contributed by atoms with Crippen molar-refractivity contribution in [2.75, 3.05) is 31.1 Å². The second-order valence-electron chi connectivity index (χ2n) is 2.68. The van der Waals surface area contributed by atoms with Crippen LogP contribution in [0.25, 0.3) is 0 Å². The molecule has 2 rings (SSSR count). The molecule has 0 unspecified atom stereocenters. The Kier molecular flexibility index (Phi) is 1.77. The number of H-pyrrole nitrogens is 1. The smallest absolute Gasteiger partial charge is 0.124 e. The maximum absolute atomic E-state index is 3.91. The van der Waals surface area contributed by atoms with Crippen molar-refractivity contribution in [2.45, 2.75) is 0 Å². The van der Waals surface area contributed by atoms with Crippen LogP contribution in [0.4, 0.5) is 5.82 Å². The van der Waals surface area contributed by atoms with Gasteiger partial charge in [0.2, 0.25) is 0 Å². The summed E-state index contributed by atoms with van der Waals surface area (Å²) in [4.78, 5) is 2.30. The van der Waals surface area contributed by atoms with Gasteiger partial charge in [0.15, 0.2) is 0 Å². The van der Waals surface area contributed by atoms with E-state index in [4.69, 9.17) is 0 Å². The lowest BCUT2D eigenvalue weighted by atomic mass is 10.3. The Hall–Kier alpha value is -1.03. The van der Waals surface area contributed by atoms with Crippen LogP contribution in [0.2, 0.25) is 0 Å². The molecule has 1 aliphatic rings. The van der Waals surface area contributed by atoms with E-state index in [-0.39, 0.29) is 0 Å². The minimum atomic E-state index is 1.07. The van der Waals surface area contributed by atoms with Crippen LogP contribution >= 0.6 is 0 Å². The van der Waals surface area contributed by atoms with Crippen molar-refractivity contribution in [3.05, 3.63) is 12.3 Å². The summed E-state index contributed by atoms with van der Waals surface area (Å²) in [6, 6.07) is 2.01. The molecule has 2 heterocycles. The van der Waals surface area contributed by atoms with Gasteiger partial charge in [0.05, 0.1) is 6.20 Å². The van der Waals surface area contributed by atoms with Crippen LogP contribution in [0.3, 0.4) is 0 Å². The van der Waals surface area contributed by atoms with Gasteiger partial charge in [0.1, 0.15) is 5.82 Å². The molecule has 1 fully saturated rings. The first-order chi connectivity index (χ1) is 5.47. The van der Waals surface area contributed by atoms with Crippen molar-refractivity contribution in [1.29, 1.82) is 0 Å². The Balaban J connectivity index is 2.04. The van der Waals surface area contributed by atoms with Crippen LogP contribution < -0.4 is 10.2 Å². The summed E-state index contributed by atoms with van der Waals surface area (Å²) >= 11 is 0. The summed E-state index contributed by atoms with van der Waals surface area (Å²) in [5.74, 6) is 1.13. The molecule has 1 aliphatic heterocycles. The Labute approximate surface area is 65.6 Å². The number of anilines is 1. The molecule has 0 aliphatic carbocycles. The van der Waals surface area contributed by atoms with Crippen molar-refractivity contribution in [3.63, 3.8) is 0 Å². The van der Waals surface area contributed by atoms with E-state index in [1.54, 1.807) is 6.20 Å². The topological polar surface area (TPSA) is 44.0 Å². The molecule has 0 amide bonds. The highest BCUT2D eigenvalue weighted by Gasteiger charge is 2.09. The molecule has 1 aromatic rings. The summed E-state index contributed by atoms with van der Waals surface area (Å²) in [6.45, 7) is 4.28. The molecule has 0 spiro atoms. The highest BCUT2D eigenvalue weighted by atomic mass is 15.3. The maximum Gasteiger partial charge on any atom is 0.124 e. The van der Waals surface area contributed by atoms with Gasteiger partial charge in [0, 0.05) is 32.2 Å². The summed E-state index contributed by atoms with van der Waals surface area (Å²) < 4.78 is 0. The maximum atomic E-state index is 3.91. The number of aromatic amines is 1. The number of hydrogen-bond donors (Lipinski definition) is 2. The fourth-order valence-electron chi connectivity index (χ4n) is 1.33. The quantitative estimate of drug-likeness (QED) is 0.586. The van der Waals surface area contributed by atoms with Gasteiger partial charge in [-0.1, -0.05) is 0 Å². The summed E-state index contributed by atoms with van der Waals surface area (Å²) in [6.07, 6.45) is 1.79. The number of aromatic nitrogens is 2. The largest absolute Gasteiger partial charge is 0.354 e. The van der Waals surface area contributed by atoms with Gasteiger partial charge >= 0.3 is 0 Å². The fourth-order valence-corrected chi connectivity index (χ4v) is 1.33. The van der Waals surface area contributed by atoms with Crippen LogP contribution in [0.15, 0.2) is 12.3 Å². The molecule has 1 aromatic heterocycles. The van der Waals surface area contributed by atoms with Gasteiger partial charge in [-0.2, -0.15) is 5.10 Å². The third-order valence-corrected chi connectivity index (χ3v) is 1.94. The highest BCUT2D eigenvalue weighted by molar-refractivity contribution is 5.36. The lowest BCUT2D eigenvalue weighted by molar-refractivity contribution is 0.584. The van der Waals surface area contributed by atoms with Crippen molar-refractivity contribution >= 4 is 5.82 Å². The van der Waals surface area contributed by atoms with Gasteiger partial charge < -0.3 is 10.2 Å². The number of rotatable bonds is 1. The van der Waals surface area contributed by atoms with Crippen LogP contribution in [0.5, 0.6) is 0 Å². The van der Waals surface area contributed by atoms with Crippen LogP contribution in [-0.4, -0.2) is 36.4 Å². The van der Waals surface area contributed by atoms with Crippen molar-refractivity contribution in [2.24, 2.45) is 0 Å². The SMILES string of the molecule is c1cc(N2CCNCC2)[nH]n1. The van der Waals surface area contributed by atoms with Crippen LogP contribution in [-0.2, 0) is 0 Å². The minimum absolute atomic E-state index is 1.07. The van der Waals surface area contributed by atoms with Gasteiger partial charge in [-0.15, -0.1) is 0 Å². The van der Waals surface area contributed by atoms with E-state index in [2.05, 4.69) is 20.4 Å². The van der Waals surface area contributed by atoms with Gasteiger partial charge in [-0.25, -0.2) is 0 Å². The fraction of sp³-hybridized carbons (Fsp3) is 0.571. The zero-order chi connectivity index (χ0) is 7.52. The summed E-state index contributed by atoms with van der Waals surface area (Å²) in [5, 5.41) is 10.2. The molecule has 0 aromatic carbocycles. The van der Waals surface area contributed by atoms with E-state index in [0.29, 0.717) is 0 Å². The third-order valence-electron chi connectivity index (χ3n) is 1.94. The van der Waals surface area contributed by atoms with E-state index in [1.165, 1.54) is 0 Å². The van der Waals surface area contributed by atoms with E-state index in [0.717, 1.165) is 32.0 Å². The number of nitrogens with zero attached hydrogens (tertiary/aromatic N) is 2. The Morgan fingerprint density at radius 3 is 2.82 bits per heavy atom. The minimum Gasteiger partial charge on any atom is -0.354 e. The first-order valence-electron chi connectivity index (χ1n) is 3.92. The lowest BCUT2D eigenvalue weighted by Gasteiger charge is -2.27. The molecule has 2 N–H and O–H groups in total. The first kappa shape index (κ1) is 6.67. The zero-order valence-electron chi connectivity index (χ0n) is 6.38. The number of hydrogen-bond acceptors (Lipinski definition) is 3. The van der Waals surface area contributed by atoms with Crippen LogP contribution in [0, 0.1) is 0 Å². The average Bonchev–Trinajstić information content (AvgIpc) is 2.58. The van der Waals surface area contributed by atoms with Gasteiger partial charge in [0.25, 0.3) is 0 Å².